The predicted octanol–water partition coefficient (Wildman–Crippen LogP) is 2.89. The lowest BCUT2D eigenvalue weighted by Gasteiger charge is -2.22. The summed E-state index contributed by atoms with van der Waals surface area (Å²) in [6, 6.07) is 3.72. The van der Waals surface area contributed by atoms with Crippen LogP contribution in [0.5, 0.6) is 0 Å². The SMILES string of the molecule is CC1(C(=O)Nc2c(Cl)ccc3scnc23)CCNC1. The van der Waals surface area contributed by atoms with Crippen molar-refractivity contribution in [2.75, 3.05) is 18.4 Å². The summed E-state index contributed by atoms with van der Waals surface area (Å²) in [5, 5.41) is 6.70. The van der Waals surface area contributed by atoms with E-state index in [1.807, 2.05) is 13.0 Å². The van der Waals surface area contributed by atoms with E-state index < -0.39 is 0 Å². The van der Waals surface area contributed by atoms with Crippen molar-refractivity contribution in [3.63, 3.8) is 0 Å². The Kier molecular flexibility index (Phi) is 3.20. The van der Waals surface area contributed by atoms with E-state index in [-0.39, 0.29) is 11.3 Å². The molecule has 0 spiro atoms. The number of halogens is 1. The maximum Gasteiger partial charge on any atom is 0.231 e. The Morgan fingerprint density at radius 1 is 1.58 bits per heavy atom. The van der Waals surface area contributed by atoms with Crippen LogP contribution in [-0.2, 0) is 4.79 Å². The fourth-order valence-corrected chi connectivity index (χ4v) is 3.19. The predicted molar refractivity (Wildman–Crippen MR) is 78.9 cm³/mol. The van der Waals surface area contributed by atoms with Crippen LogP contribution >= 0.6 is 22.9 Å². The zero-order valence-electron chi connectivity index (χ0n) is 10.5. The number of thiazole rings is 1. The van der Waals surface area contributed by atoms with Gasteiger partial charge in [0.2, 0.25) is 5.91 Å². The Labute approximate surface area is 120 Å². The van der Waals surface area contributed by atoms with E-state index in [4.69, 9.17) is 11.6 Å². The molecule has 4 nitrogen and oxygen atoms in total. The summed E-state index contributed by atoms with van der Waals surface area (Å²) in [4.78, 5) is 16.7. The monoisotopic (exact) mass is 295 g/mol. The van der Waals surface area contributed by atoms with E-state index in [0.29, 0.717) is 17.3 Å². The first kappa shape index (κ1) is 12.8. The molecule has 100 valence electrons. The van der Waals surface area contributed by atoms with Gasteiger partial charge in [-0.15, -0.1) is 11.3 Å². The third-order valence-electron chi connectivity index (χ3n) is 3.61. The van der Waals surface area contributed by atoms with Crippen molar-refractivity contribution in [1.29, 1.82) is 0 Å². The first-order valence-corrected chi connectivity index (χ1v) is 7.40. The van der Waals surface area contributed by atoms with Gasteiger partial charge in [-0.25, -0.2) is 4.98 Å². The minimum Gasteiger partial charge on any atom is -0.322 e. The Bertz CT molecular complexity index is 634. The van der Waals surface area contributed by atoms with Crippen molar-refractivity contribution in [3.05, 3.63) is 22.7 Å². The van der Waals surface area contributed by atoms with Crippen LogP contribution in [0.2, 0.25) is 5.02 Å². The molecule has 0 radical (unpaired) electrons. The summed E-state index contributed by atoms with van der Waals surface area (Å²) in [5.74, 6) is -0.0000926. The third-order valence-corrected chi connectivity index (χ3v) is 4.72. The molecule has 1 aliphatic heterocycles. The Hall–Kier alpha value is -1.17. The van der Waals surface area contributed by atoms with Gasteiger partial charge in [0.15, 0.2) is 0 Å². The number of aromatic nitrogens is 1. The average Bonchev–Trinajstić information content (AvgIpc) is 3.02. The quantitative estimate of drug-likeness (QED) is 0.896. The van der Waals surface area contributed by atoms with Gasteiger partial charge < -0.3 is 10.6 Å². The molecule has 2 heterocycles. The van der Waals surface area contributed by atoms with Crippen LogP contribution in [0.4, 0.5) is 5.69 Å². The second-order valence-corrected chi connectivity index (χ2v) is 6.36. The number of anilines is 1. The largest absolute Gasteiger partial charge is 0.322 e. The van der Waals surface area contributed by atoms with Crippen molar-refractivity contribution in [1.82, 2.24) is 10.3 Å². The molecule has 1 unspecified atom stereocenters. The van der Waals surface area contributed by atoms with Crippen LogP contribution in [0.3, 0.4) is 0 Å². The molecular weight excluding hydrogens is 282 g/mol. The van der Waals surface area contributed by atoms with Crippen LogP contribution < -0.4 is 10.6 Å². The van der Waals surface area contributed by atoms with Crippen LogP contribution in [0, 0.1) is 5.41 Å². The first-order chi connectivity index (χ1) is 9.10. The highest BCUT2D eigenvalue weighted by atomic mass is 35.5. The van der Waals surface area contributed by atoms with E-state index in [0.717, 1.165) is 23.2 Å². The van der Waals surface area contributed by atoms with Gasteiger partial charge in [-0.3, -0.25) is 4.79 Å². The second kappa shape index (κ2) is 4.74. The van der Waals surface area contributed by atoms with Crippen LogP contribution in [-0.4, -0.2) is 24.0 Å². The number of nitrogens with zero attached hydrogens (tertiary/aromatic N) is 1. The molecule has 0 saturated carbocycles. The molecule has 1 saturated heterocycles. The molecule has 1 aromatic carbocycles. The minimum atomic E-state index is -0.373. The van der Waals surface area contributed by atoms with Gasteiger partial charge in [-0.1, -0.05) is 11.6 Å². The van der Waals surface area contributed by atoms with Crippen LogP contribution in [0.1, 0.15) is 13.3 Å². The third kappa shape index (κ3) is 2.22. The van der Waals surface area contributed by atoms with Crippen LogP contribution in [0.15, 0.2) is 17.6 Å². The lowest BCUT2D eigenvalue weighted by molar-refractivity contribution is -0.123. The van der Waals surface area contributed by atoms with Crippen molar-refractivity contribution in [3.8, 4) is 0 Å². The fraction of sp³-hybridized carbons (Fsp3) is 0.385. The normalized spacial score (nSPS) is 22.8. The molecule has 19 heavy (non-hydrogen) atoms. The summed E-state index contributed by atoms with van der Waals surface area (Å²) < 4.78 is 1.02. The molecule has 6 heteroatoms. The standard InChI is InChI=1S/C13H14ClN3OS/c1-13(4-5-15-6-13)12(18)17-10-8(14)2-3-9-11(10)16-7-19-9/h2-3,7,15H,4-6H2,1H3,(H,17,18). The number of amides is 1. The summed E-state index contributed by atoms with van der Waals surface area (Å²) in [5.41, 5.74) is 2.77. The maximum absolute atomic E-state index is 12.4. The molecule has 1 aliphatic rings. The van der Waals surface area contributed by atoms with Crippen molar-refractivity contribution in [2.24, 2.45) is 5.41 Å². The Balaban J connectivity index is 1.95. The second-order valence-electron chi connectivity index (χ2n) is 5.06. The summed E-state index contributed by atoms with van der Waals surface area (Å²) >= 11 is 7.73. The van der Waals surface area contributed by atoms with Gasteiger partial charge in [0.25, 0.3) is 0 Å². The van der Waals surface area contributed by atoms with Gasteiger partial charge in [-0.2, -0.15) is 0 Å². The lowest BCUT2D eigenvalue weighted by Crippen LogP contribution is -2.35. The van der Waals surface area contributed by atoms with Gasteiger partial charge in [0.05, 0.1) is 26.3 Å². The number of benzene rings is 1. The number of carbonyl (C=O) groups excluding carboxylic acids is 1. The lowest BCUT2D eigenvalue weighted by atomic mass is 9.88. The van der Waals surface area contributed by atoms with E-state index in [9.17, 15) is 4.79 Å². The highest BCUT2D eigenvalue weighted by molar-refractivity contribution is 7.16. The number of hydrogen-bond acceptors (Lipinski definition) is 4. The fourth-order valence-electron chi connectivity index (χ4n) is 2.30. The topological polar surface area (TPSA) is 54.0 Å². The molecule has 1 atom stereocenters. The van der Waals surface area contributed by atoms with E-state index >= 15 is 0 Å². The van der Waals surface area contributed by atoms with Crippen molar-refractivity contribution in [2.45, 2.75) is 13.3 Å². The summed E-state index contributed by atoms with van der Waals surface area (Å²) in [7, 11) is 0. The van der Waals surface area contributed by atoms with Gasteiger partial charge in [0, 0.05) is 6.54 Å². The first-order valence-electron chi connectivity index (χ1n) is 6.14. The molecule has 2 aromatic rings. The van der Waals surface area contributed by atoms with E-state index in [2.05, 4.69) is 15.6 Å². The number of nitrogens with one attached hydrogen (secondary N) is 2. The van der Waals surface area contributed by atoms with E-state index in [1.54, 1.807) is 11.6 Å². The summed E-state index contributed by atoms with van der Waals surface area (Å²) in [6.07, 6.45) is 0.837. The molecule has 1 amide bonds. The number of carbonyl (C=O) groups is 1. The maximum atomic E-state index is 12.4. The van der Waals surface area contributed by atoms with Gasteiger partial charge >= 0.3 is 0 Å². The van der Waals surface area contributed by atoms with Crippen molar-refractivity contribution >= 4 is 44.7 Å². The van der Waals surface area contributed by atoms with Gasteiger partial charge in [0.1, 0.15) is 5.52 Å². The molecule has 0 bridgehead atoms. The molecule has 2 N–H and O–H groups in total. The minimum absolute atomic E-state index is 0.0000926. The zero-order valence-corrected chi connectivity index (χ0v) is 12.1. The van der Waals surface area contributed by atoms with E-state index in [1.165, 1.54) is 11.3 Å². The molecule has 1 aromatic heterocycles. The molecule has 1 fully saturated rings. The smallest absolute Gasteiger partial charge is 0.231 e. The molecule has 0 aliphatic carbocycles. The number of fused-ring (bicyclic) bond motifs is 1. The average molecular weight is 296 g/mol. The van der Waals surface area contributed by atoms with Gasteiger partial charge in [-0.05, 0) is 32.0 Å². The number of hydrogen-bond donors (Lipinski definition) is 2. The molecular formula is C13H14ClN3OS. The Morgan fingerprint density at radius 2 is 2.42 bits per heavy atom. The molecule has 3 rings (SSSR count). The summed E-state index contributed by atoms with van der Waals surface area (Å²) in [6.45, 7) is 3.54. The zero-order chi connectivity index (χ0) is 13.5. The Morgan fingerprint density at radius 3 is 3.16 bits per heavy atom. The highest BCUT2D eigenvalue weighted by Crippen LogP contribution is 2.34. The van der Waals surface area contributed by atoms with Crippen molar-refractivity contribution < 1.29 is 4.79 Å². The number of rotatable bonds is 2. The highest BCUT2D eigenvalue weighted by Gasteiger charge is 2.36. The van der Waals surface area contributed by atoms with Crippen LogP contribution in [0.25, 0.3) is 10.2 Å².